The third kappa shape index (κ3) is 18.4. The molecule has 0 spiro atoms. The molecule has 2 aromatic rings. The smallest absolute Gasteiger partial charge is 0.343 e. The fourth-order valence-corrected chi connectivity index (χ4v) is 5.99. The number of carbonyl (C=O) groups excluding carboxylic acids is 3. The van der Waals surface area contributed by atoms with Crippen LogP contribution in [0.4, 0.5) is 13.2 Å². The van der Waals surface area contributed by atoms with Crippen LogP contribution in [0.1, 0.15) is 124 Å². The molecule has 0 bridgehead atoms. The number of halogens is 3. The molecule has 53 heavy (non-hydrogen) atoms. The van der Waals surface area contributed by atoms with Crippen molar-refractivity contribution in [2.24, 2.45) is 29.6 Å². The monoisotopic (exact) mass is 752 g/mol. The summed E-state index contributed by atoms with van der Waals surface area (Å²) < 4.78 is 62.6. The van der Waals surface area contributed by atoms with E-state index in [0.29, 0.717) is 11.5 Å². The molecule has 0 amide bonds. The van der Waals surface area contributed by atoms with Crippen molar-refractivity contribution in [3.05, 3.63) is 70.0 Å². The first kappa shape index (κ1) is 47.6. The van der Waals surface area contributed by atoms with E-state index in [0.717, 1.165) is 68.6 Å². The number of ether oxygens (including phenoxy) is 5. The average Bonchev–Trinajstić information content (AvgIpc) is 3.13. The Bertz CT molecular complexity index is 1340. The lowest BCUT2D eigenvalue weighted by Crippen LogP contribution is -2.27. The van der Waals surface area contributed by atoms with E-state index < -0.39 is 35.0 Å². The van der Waals surface area contributed by atoms with Crippen molar-refractivity contribution in [3.8, 4) is 0 Å². The molecule has 1 saturated heterocycles. The Kier molecular flexibility index (Phi) is 22.9. The van der Waals surface area contributed by atoms with Crippen LogP contribution in [-0.4, -0.2) is 58.7 Å². The number of rotatable bonds is 4. The van der Waals surface area contributed by atoms with E-state index in [1.807, 2.05) is 6.92 Å². The Morgan fingerprint density at radius 1 is 0.642 bits per heavy atom. The zero-order chi connectivity index (χ0) is 40.1. The quantitative estimate of drug-likeness (QED) is 0.225. The van der Waals surface area contributed by atoms with Crippen LogP contribution in [0.5, 0.6) is 0 Å². The molecule has 11 heteroatoms. The Morgan fingerprint density at radius 2 is 1.11 bits per heavy atom. The van der Waals surface area contributed by atoms with Gasteiger partial charge in [-0.25, -0.2) is 22.8 Å². The molecular formula is C42H63F3O8. The number of hydrogen-bond donors (Lipinski definition) is 0. The fraction of sp³-hybridized carbons (Fsp3) is 0.643. The highest BCUT2D eigenvalue weighted by molar-refractivity contribution is 5.90. The number of esters is 3. The van der Waals surface area contributed by atoms with Crippen molar-refractivity contribution in [2.75, 3.05) is 34.5 Å². The van der Waals surface area contributed by atoms with Crippen LogP contribution in [-0.2, 0) is 28.5 Å². The summed E-state index contributed by atoms with van der Waals surface area (Å²) in [7, 11) is 3.77. The minimum atomic E-state index is -1.00. The minimum Gasteiger partial charge on any atom is -0.469 e. The Hall–Kier alpha value is -3.44. The van der Waals surface area contributed by atoms with Gasteiger partial charge in [0.15, 0.2) is 6.29 Å². The van der Waals surface area contributed by atoms with Crippen molar-refractivity contribution < 1.29 is 51.2 Å². The van der Waals surface area contributed by atoms with Gasteiger partial charge in [0.2, 0.25) is 0 Å². The molecule has 1 heterocycles. The summed E-state index contributed by atoms with van der Waals surface area (Å²) >= 11 is 0. The summed E-state index contributed by atoms with van der Waals surface area (Å²) in [6, 6.07) is 6.53. The molecule has 2 aromatic carbocycles. The molecule has 0 N–H and O–H groups in total. The Labute approximate surface area is 315 Å². The van der Waals surface area contributed by atoms with Crippen LogP contribution in [0, 0.1) is 60.9 Å². The van der Waals surface area contributed by atoms with Gasteiger partial charge in [0.1, 0.15) is 23.0 Å². The minimum absolute atomic E-state index is 0.0168. The van der Waals surface area contributed by atoms with Gasteiger partial charge in [0, 0.05) is 5.92 Å². The second kappa shape index (κ2) is 25.6. The van der Waals surface area contributed by atoms with Gasteiger partial charge in [-0.1, -0.05) is 65.9 Å². The lowest BCUT2D eigenvalue weighted by atomic mass is 9.82. The number of hydrogen-bond acceptors (Lipinski definition) is 8. The molecule has 2 aliphatic carbocycles. The number of methoxy groups -OCH3 is 3. The highest BCUT2D eigenvalue weighted by Crippen LogP contribution is 2.30. The maximum absolute atomic E-state index is 13.0. The lowest BCUT2D eigenvalue weighted by Gasteiger charge is -2.24. The van der Waals surface area contributed by atoms with Crippen molar-refractivity contribution in [2.45, 2.75) is 113 Å². The predicted molar refractivity (Wildman–Crippen MR) is 200 cm³/mol. The molecule has 0 radical (unpaired) electrons. The van der Waals surface area contributed by atoms with E-state index in [2.05, 4.69) is 41.9 Å². The predicted octanol–water partition coefficient (Wildman–Crippen LogP) is 10.2. The van der Waals surface area contributed by atoms with E-state index in [9.17, 15) is 27.6 Å². The topological polar surface area (TPSA) is 97.4 Å². The molecule has 3 fully saturated rings. The van der Waals surface area contributed by atoms with Crippen LogP contribution in [0.25, 0.3) is 0 Å². The number of carbonyl (C=O) groups is 3. The summed E-state index contributed by atoms with van der Waals surface area (Å²) in [4.78, 5) is 32.8. The summed E-state index contributed by atoms with van der Waals surface area (Å²) in [5.41, 5.74) is 0.527. The van der Waals surface area contributed by atoms with Gasteiger partial charge in [0.25, 0.3) is 0 Å². The van der Waals surface area contributed by atoms with Crippen LogP contribution in [0.2, 0.25) is 0 Å². The summed E-state index contributed by atoms with van der Waals surface area (Å²) in [5, 5.41) is 0. The van der Waals surface area contributed by atoms with Gasteiger partial charge < -0.3 is 23.7 Å². The van der Waals surface area contributed by atoms with Crippen LogP contribution in [0.3, 0.4) is 0 Å². The van der Waals surface area contributed by atoms with Crippen LogP contribution >= 0.6 is 0 Å². The molecule has 5 rings (SSSR count). The summed E-state index contributed by atoms with van der Waals surface area (Å²) in [6.07, 6.45) is 11.8. The number of aryl methyl sites for hydroxylation is 2. The van der Waals surface area contributed by atoms with Crippen molar-refractivity contribution in [3.63, 3.8) is 0 Å². The second-order valence-electron chi connectivity index (χ2n) is 14.4. The first-order valence-corrected chi connectivity index (χ1v) is 18.8. The normalized spacial score (nSPS) is 23.3. The largest absolute Gasteiger partial charge is 0.469 e. The van der Waals surface area contributed by atoms with Gasteiger partial charge in [0.05, 0.1) is 46.0 Å². The van der Waals surface area contributed by atoms with E-state index in [1.54, 1.807) is 13.0 Å². The molecular weight excluding hydrogens is 689 g/mol. The zero-order valence-electron chi connectivity index (χ0n) is 33.5. The Balaban J connectivity index is 0.000000334. The van der Waals surface area contributed by atoms with Crippen LogP contribution in [0.15, 0.2) is 30.3 Å². The molecule has 1 aliphatic heterocycles. The maximum Gasteiger partial charge on any atom is 0.343 e. The highest BCUT2D eigenvalue weighted by atomic mass is 19.1. The SMILES string of the molecule is CC1COC(C)OC1.CCC1CCC(C)CC1.COC(=O)C1CCC(C)CC1.COC(=O)c1c(F)cc(C)cc1F.COC(=O)c1ccc(C)cc1F. The standard InChI is InChI=1S/C9H8F2O2.C9H9FO2.C9H16O2.C9H18.C6H12O2/c1-5-3-6(10)8(7(11)4-5)9(12)13-2;1-6-3-4-7(8(10)5-6)9(11)12-2;1-7-3-5-8(6-4-7)9(10)11-2;1-3-9-6-4-8(2)5-7-9;1-5-3-7-6(2)8-4-5/h3-4H,1-2H3;3-5H,1-2H3;7-8H,3-6H2,1-2H3;8-9H,3-7H2,1-2H3;5-6H,3-4H2,1-2H3. The van der Waals surface area contributed by atoms with Crippen molar-refractivity contribution in [1.29, 1.82) is 0 Å². The maximum atomic E-state index is 13.0. The van der Waals surface area contributed by atoms with Gasteiger partial charge >= 0.3 is 17.9 Å². The summed E-state index contributed by atoms with van der Waals surface area (Å²) in [5.74, 6) is -0.345. The summed E-state index contributed by atoms with van der Waals surface area (Å²) in [6.45, 7) is 16.0. The van der Waals surface area contributed by atoms with Gasteiger partial charge in [-0.05, 0) is 99.6 Å². The van der Waals surface area contributed by atoms with E-state index in [4.69, 9.17) is 9.47 Å². The van der Waals surface area contributed by atoms with Crippen molar-refractivity contribution >= 4 is 17.9 Å². The lowest BCUT2D eigenvalue weighted by molar-refractivity contribution is -0.187. The van der Waals surface area contributed by atoms with Crippen LogP contribution < -0.4 is 0 Å². The van der Waals surface area contributed by atoms with Gasteiger partial charge in [-0.2, -0.15) is 0 Å². The fourth-order valence-electron chi connectivity index (χ4n) is 5.99. The molecule has 8 nitrogen and oxygen atoms in total. The third-order valence-corrected chi connectivity index (χ3v) is 9.60. The Morgan fingerprint density at radius 3 is 1.53 bits per heavy atom. The second-order valence-corrected chi connectivity index (χ2v) is 14.4. The molecule has 3 aliphatic rings. The number of benzene rings is 2. The average molecular weight is 753 g/mol. The van der Waals surface area contributed by atoms with Crippen molar-refractivity contribution in [1.82, 2.24) is 0 Å². The molecule has 0 atom stereocenters. The third-order valence-electron chi connectivity index (χ3n) is 9.60. The van der Waals surface area contributed by atoms with Gasteiger partial charge in [-0.3, -0.25) is 4.79 Å². The molecule has 300 valence electrons. The molecule has 0 unspecified atom stereocenters. The zero-order valence-corrected chi connectivity index (χ0v) is 33.5. The van der Waals surface area contributed by atoms with E-state index >= 15 is 0 Å². The molecule has 2 saturated carbocycles. The van der Waals surface area contributed by atoms with E-state index in [-0.39, 0.29) is 23.7 Å². The van der Waals surface area contributed by atoms with E-state index in [1.165, 1.54) is 78.2 Å². The highest BCUT2D eigenvalue weighted by Gasteiger charge is 2.24. The molecule has 0 aromatic heterocycles. The van der Waals surface area contributed by atoms with Gasteiger partial charge in [-0.15, -0.1) is 0 Å². The first-order chi connectivity index (χ1) is 25.1. The first-order valence-electron chi connectivity index (χ1n) is 18.8.